The molecule has 0 unspecified atom stereocenters. The first-order valence-electron chi connectivity index (χ1n) is 7.05. The fourth-order valence-electron chi connectivity index (χ4n) is 2.38. The number of pyridine rings is 1. The van der Waals surface area contributed by atoms with Gasteiger partial charge in [-0.2, -0.15) is 0 Å². The predicted molar refractivity (Wildman–Crippen MR) is 85.8 cm³/mol. The minimum atomic E-state index is -0.556. The Bertz CT molecular complexity index is 885. The van der Waals surface area contributed by atoms with Crippen LogP contribution in [0.5, 0.6) is 0 Å². The monoisotopic (exact) mass is 306 g/mol. The van der Waals surface area contributed by atoms with Gasteiger partial charge < -0.3 is 10.5 Å². The van der Waals surface area contributed by atoms with Gasteiger partial charge in [-0.25, -0.2) is 9.78 Å². The maximum absolute atomic E-state index is 12.3. The molecule has 0 radical (unpaired) electrons. The van der Waals surface area contributed by atoms with E-state index in [9.17, 15) is 9.59 Å². The molecule has 0 saturated carbocycles. The maximum atomic E-state index is 12.3. The van der Waals surface area contributed by atoms with Crippen LogP contribution in [-0.4, -0.2) is 16.9 Å². The molecule has 2 N–H and O–H groups in total. The van der Waals surface area contributed by atoms with E-state index in [4.69, 9.17) is 10.5 Å². The largest absolute Gasteiger partial charge is 0.456 e. The number of fused-ring (bicyclic) bond motifs is 1. The van der Waals surface area contributed by atoms with Crippen LogP contribution in [0.15, 0.2) is 60.8 Å². The van der Waals surface area contributed by atoms with Crippen molar-refractivity contribution in [3.05, 3.63) is 77.6 Å². The Morgan fingerprint density at radius 2 is 1.74 bits per heavy atom. The highest BCUT2D eigenvalue weighted by atomic mass is 16.5. The van der Waals surface area contributed by atoms with E-state index in [1.54, 1.807) is 30.5 Å². The van der Waals surface area contributed by atoms with Gasteiger partial charge in [-0.3, -0.25) is 4.79 Å². The Morgan fingerprint density at radius 1 is 1.00 bits per heavy atom. The second kappa shape index (κ2) is 6.27. The maximum Gasteiger partial charge on any atom is 0.357 e. The van der Waals surface area contributed by atoms with Crippen LogP contribution in [0.1, 0.15) is 26.4 Å². The zero-order valence-electron chi connectivity index (χ0n) is 12.2. The summed E-state index contributed by atoms with van der Waals surface area (Å²) in [7, 11) is 0. The van der Waals surface area contributed by atoms with Gasteiger partial charge in [-0.05, 0) is 17.5 Å². The average Bonchev–Trinajstić information content (AvgIpc) is 2.59. The lowest BCUT2D eigenvalue weighted by molar-refractivity contribution is 0.0466. The van der Waals surface area contributed by atoms with Crippen molar-refractivity contribution < 1.29 is 14.3 Å². The van der Waals surface area contributed by atoms with Crippen molar-refractivity contribution in [2.75, 3.05) is 0 Å². The van der Waals surface area contributed by atoms with Crippen LogP contribution in [0.3, 0.4) is 0 Å². The summed E-state index contributed by atoms with van der Waals surface area (Å²) in [5, 5.41) is 1.63. The van der Waals surface area contributed by atoms with Crippen LogP contribution in [-0.2, 0) is 11.3 Å². The number of ether oxygens (including phenoxy) is 1. The first-order chi connectivity index (χ1) is 11.2. The Kier molecular flexibility index (Phi) is 4.01. The molecule has 0 atom stereocenters. The van der Waals surface area contributed by atoms with Gasteiger partial charge in [0.15, 0.2) is 5.69 Å². The van der Waals surface area contributed by atoms with E-state index < -0.39 is 11.9 Å². The van der Waals surface area contributed by atoms with E-state index in [1.807, 2.05) is 30.3 Å². The SMILES string of the molecule is NC(=O)c1ccccc1COC(=O)c1nccc2ccccc12. The highest BCUT2D eigenvalue weighted by Crippen LogP contribution is 2.18. The lowest BCUT2D eigenvalue weighted by Gasteiger charge is -2.09. The summed E-state index contributed by atoms with van der Waals surface area (Å²) in [6.07, 6.45) is 1.57. The van der Waals surface area contributed by atoms with Crippen molar-refractivity contribution in [2.24, 2.45) is 5.73 Å². The van der Waals surface area contributed by atoms with Gasteiger partial charge in [0.1, 0.15) is 6.61 Å². The zero-order valence-corrected chi connectivity index (χ0v) is 12.2. The van der Waals surface area contributed by atoms with Crippen molar-refractivity contribution in [2.45, 2.75) is 6.61 Å². The molecule has 0 saturated heterocycles. The molecule has 1 aromatic heterocycles. The van der Waals surface area contributed by atoms with E-state index in [0.29, 0.717) is 11.1 Å². The summed E-state index contributed by atoms with van der Waals surface area (Å²) in [6.45, 7) is -0.0388. The van der Waals surface area contributed by atoms with Crippen molar-refractivity contribution in [3.63, 3.8) is 0 Å². The first-order valence-corrected chi connectivity index (χ1v) is 7.05. The Balaban J connectivity index is 1.84. The second-order valence-corrected chi connectivity index (χ2v) is 4.98. The summed E-state index contributed by atoms with van der Waals surface area (Å²) in [5.41, 5.74) is 6.47. The molecule has 0 spiro atoms. The molecule has 5 heteroatoms. The molecule has 23 heavy (non-hydrogen) atoms. The summed E-state index contributed by atoms with van der Waals surface area (Å²) in [4.78, 5) is 27.8. The number of carbonyl (C=O) groups is 2. The molecule has 0 aliphatic heterocycles. The molecule has 1 heterocycles. The van der Waals surface area contributed by atoms with Crippen LogP contribution in [0, 0.1) is 0 Å². The number of esters is 1. The molecule has 0 aliphatic rings. The molecule has 3 rings (SSSR count). The Morgan fingerprint density at radius 3 is 2.57 bits per heavy atom. The van der Waals surface area contributed by atoms with Crippen molar-refractivity contribution in [3.8, 4) is 0 Å². The van der Waals surface area contributed by atoms with Crippen LogP contribution in [0.2, 0.25) is 0 Å². The summed E-state index contributed by atoms with van der Waals surface area (Å²) in [5.74, 6) is -1.10. The molecular weight excluding hydrogens is 292 g/mol. The molecule has 0 aliphatic carbocycles. The van der Waals surface area contributed by atoms with Crippen molar-refractivity contribution in [1.82, 2.24) is 4.98 Å². The second-order valence-electron chi connectivity index (χ2n) is 4.98. The number of hydrogen-bond acceptors (Lipinski definition) is 4. The van der Waals surface area contributed by atoms with Crippen LogP contribution in [0.4, 0.5) is 0 Å². The van der Waals surface area contributed by atoms with Crippen molar-refractivity contribution in [1.29, 1.82) is 0 Å². The standard InChI is InChI=1S/C18H14N2O3/c19-17(21)15-8-4-2-6-13(15)11-23-18(22)16-14-7-3-1-5-12(14)9-10-20-16/h1-10H,11H2,(H2,19,21). The van der Waals surface area contributed by atoms with Gasteiger partial charge in [0, 0.05) is 22.7 Å². The number of aromatic nitrogens is 1. The average molecular weight is 306 g/mol. The molecular formula is C18H14N2O3. The predicted octanol–water partition coefficient (Wildman–Crippen LogP) is 2.69. The quantitative estimate of drug-likeness (QED) is 0.751. The van der Waals surface area contributed by atoms with Crippen LogP contribution < -0.4 is 5.73 Å². The number of hydrogen-bond donors (Lipinski definition) is 1. The highest BCUT2D eigenvalue weighted by Gasteiger charge is 2.15. The molecule has 3 aromatic rings. The third-order valence-electron chi connectivity index (χ3n) is 3.51. The number of primary amides is 1. The van der Waals surface area contributed by atoms with Gasteiger partial charge in [-0.15, -0.1) is 0 Å². The smallest absolute Gasteiger partial charge is 0.357 e. The normalized spacial score (nSPS) is 10.4. The molecule has 114 valence electrons. The highest BCUT2D eigenvalue weighted by molar-refractivity contribution is 6.02. The fourth-order valence-corrected chi connectivity index (χ4v) is 2.38. The third-order valence-corrected chi connectivity index (χ3v) is 3.51. The zero-order chi connectivity index (χ0) is 16.2. The van der Waals surface area contributed by atoms with E-state index in [2.05, 4.69) is 4.98 Å². The lowest BCUT2D eigenvalue weighted by Crippen LogP contribution is -2.15. The molecule has 5 nitrogen and oxygen atoms in total. The van der Waals surface area contributed by atoms with E-state index in [0.717, 1.165) is 10.8 Å². The van der Waals surface area contributed by atoms with E-state index >= 15 is 0 Å². The van der Waals surface area contributed by atoms with E-state index in [1.165, 1.54) is 0 Å². The number of rotatable bonds is 4. The minimum absolute atomic E-state index is 0.0388. The van der Waals surface area contributed by atoms with Gasteiger partial charge in [0.2, 0.25) is 5.91 Å². The van der Waals surface area contributed by atoms with Crippen LogP contribution >= 0.6 is 0 Å². The van der Waals surface area contributed by atoms with E-state index in [-0.39, 0.29) is 12.3 Å². The number of nitrogens with two attached hydrogens (primary N) is 1. The summed E-state index contributed by atoms with van der Waals surface area (Å²) < 4.78 is 5.30. The number of benzene rings is 2. The molecule has 1 amide bonds. The third kappa shape index (κ3) is 3.03. The van der Waals surface area contributed by atoms with Gasteiger partial charge >= 0.3 is 5.97 Å². The molecule has 0 bridgehead atoms. The lowest BCUT2D eigenvalue weighted by atomic mass is 10.1. The number of nitrogens with zero attached hydrogens (tertiary/aromatic N) is 1. The summed E-state index contributed by atoms with van der Waals surface area (Å²) in [6, 6.07) is 16.0. The number of amides is 1. The molecule has 2 aromatic carbocycles. The van der Waals surface area contributed by atoms with Gasteiger partial charge in [0.25, 0.3) is 0 Å². The number of carbonyl (C=O) groups excluding carboxylic acids is 2. The van der Waals surface area contributed by atoms with Gasteiger partial charge in [0.05, 0.1) is 0 Å². The Labute approximate surface area is 132 Å². The molecule has 0 fully saturated rings. The van der Waals surface area contributed by atoms with Gasteiger partial charge in [-0.1, -0.05) is 42.5 Å². The first kappa shape index (κ1) is 14.7. The topological polar surface area (TPSA) is 82.3 Å². The fraction of sp³-hybridized carbons (Fsp3) is 0.0556. The van der Waals surface area contributed by atoms with Crippen molar-refractivity contribution >= 4 is 22.6 Å². The van der Waals surface area contributed by atoms with Crippen LogP contribution in [0.25, 0.3) is 10.8 Å². The Hall–Kier alpha value is -3.21. The minimum Gasteiger partial charge on any atom is -0.456 e. The summed E-state index contributed by atoms with van der Waals surface area (Å²) >= 11 is 0.